The largest absolute Gasteiger partial charge is 0.488 e. The summed E-state index contributed by atoms with van der Waals surface area (Å²) in [5, 5.41) is 0. The second-order valence-electron chi connectivity index (χ2n) is 6.90. The van der Waals surface area contributed by atoms with E-state index >= 15 is 0 Å². The maximum Gasteiger partial charge on any atom is 0.123 e. The van der Waals surface area contributed by atoms with Crippen LogP contribution in [-0.2, 0) is 12.0 Å². The summed E-state index contributed by atoms with van der Waals surface area (Å²) in [5.74, 6) is 1.06. The quantitative estimate of drug-likeness (QED) is 0.830. The van der Waals surface area contributed by atoms with E-state index in [1.54, 1.807) is 0 Å². The maximum absolute atomic E-state index is 6.63. The van der Waals surface area contributed by atoms with Crippen molar-refractivity contribution in [2.75, 3.05) is 0 Å². The Morgan fingerprint density at radius 1 is 1.05 bits per heavy atom. The van der Waals surface area contributed by atoms with Crippen molar-refractivity contribution in [1.82, 2.24) is 0 Å². The molecule has 0 atom stereocenters. The standard InChI is InChI=1S/C17H25NO/c1-16(2)11-8-13-12-14(6-7-15(13)19-16)17(18)9-4-3-5-10-17/h6-7,12H,3-5,8-11,18H2,1-2H3. The number of aryl methyl sites for hydroxylation is 1. The number of nitrogens with two attached hydrogens (primary N) is 1. The van der Waals surface area contributed by atoms with Gasteiger partial charge in [-0.1, -0.05) is 31.4 Å². The number of rotatable bonds is 1. The lowest BCUT2D eigenvalue weighted by Crippen LogP contribution is -2.39. The fraction of sp³-hybridized carbons (Fsp3) is 0.647. The number of hydrogen-bond acceptors (Lipinski definition) is 2. The first-order chi connectivity index (χ1) is 8.99. The minimum Gasteiger partial charge on any atom is -0.488 e. The zero-order chi connectivity index (χ0) is 13.5. The van der Waals surface area contributed by atoms with Crippen LogP contribution in [0.15, 0.2) is 18.2 Å². The van der Waals surface area contributed by atoms with Gasteiger partial charge in [-0.15, -0.1) is 0 Å². The molecule has 0 radical (unpaired) electrons. The smallest absolute Gasteiger partial charge is 0.123 e. The van der Waals surface area contributed by atoms with Gasteiger partial charge in [0.05, 0.1) is 0 Å². The third-order valence-electron chi connectivity index (χ3n) is 4.76. The van der Waals surface area contributed by atoms with E-state index in [-0.39, 0.29) is 11.1 Å². The molecule has 1 aromatic rings. The molecular formula is C17H25NO. The van der Waals surface area contributed by atoms with E-state index < -0.39 is 0 Å². The molecule has 19 heavy (non-hydrogen) atoms. The van der Waals surface area contributed by atoms with Crippen molar-refractivity contribution in [1.29, 1.82) is 0 Å². The summed E-state index contributed by atoms with van der Waals surface area (Å²) in [4.78, 5) is 0. The molecule has 0 spiro atoms. The summed E-state index contributed by atoms with van der Waals surface area (Å²) >= 11 is 0. The molecule has 1 aromatic carbocycles. The minimum atomic E-state index is -0.0970. The van der Waals surface area contributed by atoms with Gasteiger partial charge in [0, 0.05) is 5.54 Å². The predicted octanol–water partition coefficient (Wildman–Crippen LogP) is 3.91. The highest BCUT2D eigenvalue weighted by Crippen LogP contribution is 2.39. The molecule has 0 saturated heterocycles. The number of ether oxygens (including phenoxy) is 1. The van der Waals surface area contributed by atoms with Crippen molar-refractivity contribution in [3.63, 3.8) is 0 Å². The van der Waals surface area contributed by atoms with Crippen LogP contribution in [-0.4, -0.2) is 5.60 Å². The highest BCUT2D eigenvalue weighted by molar-refractivity contribution is 5.42. The Kier molecular flexibility index (Phi) is 3.09. The molecule has 0 amide bonds. The molecule has 1 aliphatic heterocycles. The molecule has 2 nitrogen and oxygen atoms in total. The van der Waals surface area contributed by atoms with Gasteiger partial charge in [-0.25, -0.2) is 0 Å². The van der Waals surface area contributed by atoms with Crippen molar-refractivity contribution in [2.45, 2.75) is 69.9 Å². The highest BCUT2D eigenvalue weighted by atomic mass is 16.5. The van der Waals surface area contributed by atoms with Crippen molar-refractivity contribution < 1.29 is 4.74 Å². The van der Waals surface area contributed by atoms with Gasteiger partial charge < -0.3 is 10.5 Å². The van der Waals surface area contributed by atoms with Crippen LogP contribution in [0.5, 0.6) is 5.75 Å². The first-order valence-corrected chi connectivity index (χ1v) is 7.60. The van der Waals surface area contributed by atoms with E-state index in [2.05, 4.69) is 32.0 Å². The lowest BCUT2D eigenvalue weighted by Gasteiger charge is -2.36. The Labute approximate surface area is 116 Å². The van der Waals surface area contributed by atoms with Gasteiger partial charge in [-0.3, -0.25) is 0 Å². The van der Waals surface area contributed by atoms with Gasteiger partial charge in [-0.2, -0.15) is 0 Å². The summed E-state index contributed by atoms with van der Waals surface area (Å²) < 4.78 is 6.05. The van der Waals surface area contributed by atoms with Gasteiger partial charge >= 0.3 is 0 Å². The van der Waals surface area contributed by atoms with Crippen molar-refractivity contribution in [2.24, 2.45) is 5.73 Å². The second-order valence-corrected chi connectivity index (χ2v) is 6.90. The average Bonchev–Trinajstić information content (AvgIpc) is 2.38. The predicted molar refractivity (Wildman–Crippen MR) is 78.4 cm³/mol. The van der Waals surface area contributed by atoms with Crippen LogP contribution in [0.2, 0.25) is 0 Å². The fourth-order valence-electron chi connectivity index (χ4n) is 3.44. The molecule has 1 saturated carbocycles. The monoisotopic (exact) mass is 259 g/mol. The van der Waals surface area contributed by atoms with Gasteiger partial charge in [0.15, 0.2) is 0 Å². The molecule has 0 bridgehead atoms. The SMILES string of the molecule is CC1(C)CCc2cc(C3(N)CCCCC3)ccc2O1. The van der Waals surface area contributed by atoms with E-state index in [0.717, 1.165) is 31.4 Å². The van der Waals surface area contributed by atoms with Crippen molar-refractivity contribution in [3.8, 4) is 5.75 Å². The molecular weight excluding hydrogens is 234 g/mol. The molecule has 1 fully saturated rings. The highest BCUT2D eigenvalue weighted by Gasteiger charge is 2.32. The molecule has 2 aliphatic rings. The molecule has 3 rings (SSSR count). The molecule has 0 unspecified atom stereocenters. The zero-order valence-electron chi connectivity index (χ0n) is 12.2. The Bertz CT molecular complexity index is 472. The number of fused-ring (bicyclic) bond motifs is 1. The van der Waals surface area contributed by atoms with E-state index in [9.17, 15) is 0 Å². The van der Waals surface area contributed by atoms with E-state index in [0.29, 0.717) is 0 Å². The Morgan fingerprint density at radius 2 is 1.79 bits per heavy atom. The summed E-state index contributed by atoms with van der Waals surface area (Å²) in [6.45, 7) is 4.32. The molecule has 2 N–H and O–H groups in total. The van der Waals surface area contributed by atoms with Gasteiger partial charge in [0.25, 0.3) is 0 Å². The van der Waals surface area contributed by atoms with Gasteiger partial charge in [0.2, 0.25) is 0 Å². The van der Waals surface area contributed by atoms with E-state index in [4.69, 9.17) is 10.5 Å². The lowest BCUT2D eigenvalue weighted by atomic mass is 9.76. The summed E-state index contributed by atoms with van der Waals surface area (Å²) in [6, 6.07) is 6.62. The van der Waals surface area contributed by atoms with Crippen LogP contribution >= 0.6 is 0 Å². The Hall–Kier alpha value is -1.02. The second kappa shape index (κ2) is 4.52. The minimum absolute atomic E-state index is 0.0280. The van der Waals surface area contributed by atoms with E-state index in [1.165, 1.54) is 30.4 Å². The fourth-order valence-corrected chi connectivity index (χ4v) is 3.44. The van der Waals surface area contributed by atoms with Crippen LogP contribution in [0, 0.1) is 0 Å². The lowest BCUT2D eigenvalue weighted by molar-refractivity contribution is 0.0845. The normalized spacial score (nSPS) is 24.4. The van der Waals surface area contributed by atoms with E-state index in [1.807, 2.05) is 0 Å². The van der Waals surface area contributed by atoms with Crippen molar-refractivity contribution in [3.05, 3.63) is 29.3 Å². The number of hydrogen-bond donors (Lipinski definition) is 1. The number of benzene rings is 1. The first kappa shape index (κ1) is 13.0. The van der Waals surface area contributed by atoms with Crippen LogP contribution in [0.25, 0.3) is 0 Å². The third-order valence-corrected chi connectivity index (χ3v) is 4.76. The summed E-state index contributed by atoms with van der Waals surface area (Å²) in [6.07, 6.45) is 8.29. The molecule has 2 heteroatoms. The third kappa shape index (κ3) is 2.51. The average molecular weight is 259 g/mol. The van der Waals surface area contributed by atoms with Crippen LogP contribution in [0.3, 0.4) is 0 Å². The molecule has 1 aliphatic carbocycles. The van der Waals surface area contributed by atoms with Crippen LogP contribution < -0.4 is 10.5 Å². The van der Waals surface area contributed by atoms with Crippen LogP contribution in [0.4, 0.5) is 0 Å². The van der Waals surface area contributed by atoms with Gasteiger partial charge in [-0.05, 0) is 56.7 Å². The summed E-state index contributed by atoms with van der Waals surface area (Å²) in [5.41, 5.74) is 9.16. The van der Waals surface area contributed by atoms with Crippen molar-refractivity contribution >= 4 is 0 Å². The first-order valence-electron chi connectivity index (χ1n) is 7.60. The zero-order valence-corrected chi connectivity index (χ0v) is 12.2. The van der Waals surface area contributed by atoms with Crippen LogP contribution in [0.1, 0.15) is 63.5 Å². The summed E-state index contributed by atoms with van der Waals surface area (Å²) in [7, 11) is 0. The maximum atomic E-state index is 6.63. The molecule has 104 valence electrons. The molecule has 0 aromatic heterocycles. The Balaban J connectivity index is 1.90. The topological polar surface area (TPSA) is 35.2 Å². The van der Waals surface area contributed by atoms with Gasteiger partial charge in [0.1, 0.15) is 11.4 Å². The molecule has 1 heterocycles. The Morgan fingerprint density at radius 3 is 2.53 bits per heavy atom.